The molecule has 2 aliphatic rings. The van der Waals surface area contributed by atoms with Gasteiger partial charge in [-0.2, -0.15) is 0 Å². The second-order valence-electron chi connectivity index (χ2n) is 7.42. The highest BCUT2D eigenvalue weighted by atomic mass is 31.1. The van der Waals surface area contributed by atoms with Crippen molar-refractivity contribution >= 4 is 24.4 Å². The third kappa shape index (κ3) is 4.20. The van der Waals surface area contributed by atoms with Crippen molar-refractivity contribution in [2.45, 2.75) is 12.5 Å². The molecular formula is C27H23NOP. The molecule has 147 valence electrons. The Morgan fingerprint density at radius 2 is 1.37 bits per heavy atom. The first-order valence-electron chi connectivity index (χ1n) is 10.3. The van der Waals surface area contributed by atoms with E-state index in [0.717, 1.165) is 18.2 Å². The van der Waals surface area contributed by atoms with Gasteiger partial charge in [-0.05, 0) is 49.8 Å². The molecule has 1 fully saturated rings. The zero-order chi connectivity index (χ0) is 20.2. The standard InChI is InChI=1S/C27H23NOP/c1-4-11-21(12-5-1)19-22-20-29-27(28-22)25-17-10-18-26(25)30(23-13-6-2-7-14-23)24-15-8-3-9-16-24/h1-18,22H,19-20H2/t22-/m0/s1. The molecule has 3 heteroatoms. The topological polar surface area (TPSA) is 21.6 Å². The summed E-state index contributed by atoms with van der Waals surface area (Å²) in [4.78, 5) is 4.96. The number of aliphatic imine (C=N–C) groups is 1. The summed E-state index contributed by atoms with van der Waals surface area (Å²) < 4.78 is 6.11. The Morgan fingerprint density at radius 1 is 0.767 bits per heavy atom. The molecule has 1 saturated carbocycles. The number of benzene rings is 3. The van der Waals surface area contributed by atoms with Gasteiger partial charge in [0.1, 0.15) is 6.61 Å². The first-order valence-corrected chi connectivity index (χ1v) is 11.6. The fourth-order valence-corrected chi connectivity index (χ4v) is 6.36. The molecule has 0 saturated heterocycles. The molecule has 0 unspecified atom stereocenters. The van der Waals surface area contributed by atoms with Gasteiger partial charge in [0.15, 0.2) is 5.90 Å². The number of ether oxygens (including phenoxy) is 1. The molecule has 5 rings (SSSR count). The van der Waals surface area contributed by atoms with Crippen molar-refractivity contribution in [3.8, 4) is 0 Å². The van der Waals surface area contributed by atoms with E-state index in [0.29, 0.717) is 6.61 Å². The molecule has 1 aliphatic carbocycles. The summed E-state index contributed by atoms with van der Waals surface area (Å²) in [6.07, 6.45) is 7.42. The molecule has 0 aromatic heterocycles. The lowest BCUT2D eigenvalue weighted by Crippen LogP contribution is -2.23. The largest absolute Gasteiger partial charge is 0.478 e. The third-order valence-corrected chi connectivity index (χ3v) is 7.82. The SMILES string of the molecule is [CH]1[CH][C](C2=N[C@@H](Cc3ccccc3)CO2)[C](P(c2ccccc2)c2ccccc2)[CH]1. The highest BCUT2D eigenvalue weighted by molar-refractivity contribution is 7.76. The maximum atomic E-state index is 6.11. The van der Waals surface area contributed by atoms with E-state index < -0.39 is 7.92 Å². The van der Waals surface area contributed by atoms with E-state index in [1.54, 1.807) is 0 Å². The maximum Gasteiger partial charge on any atom is 0.192 e. The van der Waals surface area contributed by atoms with Crippen LogP contribution in [0.5, 0.6) is 0 Å². The monoisotopic (exact) mass is 408 g/mol. The van der Waals surface area contributed by atoms with Crippen LogP contribution < -0.4 is 10.6 Å². The first kappa shape index (κ1) is 19.5. The van der Waals surface area contributed by atoms with Crippen LogP contribution in [0, 0.1) is 30.8 Å². The lowest BCUT2D eigenvalue weighted by molar-refractivity contribution is 0.314. The van der Waals surface area contributed by atoms with E-state index in [-0.39, 0.29) is 6.04 Å². The number of hydrogen-bond acceptors (Lipinski definition) is 2. The van der Waals surface area contributed by atoms with E-state index in [4.69, 9.17) is 9.73 Å². The maximum absolute atomic E-state index is 6.11. The third-order valence-electron chi connectivity index (χ3n) is 5.32. The smallest absolute Gasteiger partial charge is 0.192 e. The Hall–Kier alpha value is -2.44. The predicted octanol–water partition coefficient (Wildman–Crippen LogP) is 4.89. The Kier molecular flexibility index (Phi) is 5.95. The van der Waals surface area contributed by atoms with E-state index in [1.807, 2.05) is 0 Å². The summed E-state index contributed by atoms with van der Waals surface area (Å²) >= 11 is 0. The second kappa shape index (κ2) is 9.14. The highest BCUT2D eigenvalue weighted by Gasteiger charge is 2.42. The number of rotatable bonds is 6. The second-order valence-corrected chi connectivity index (χ2v) is 9.61. The van der Waals surface area contributed by atoms with Crippen LogP contribution in [0.25, 0.3) is 0 Å². The normalized spacial score (nSPS) is 19.8. The molecule has 30 heavy (non-hydrogen) atoms. The minimum atomic E-state index is -0.669. The van der Waals surface area contributed by atoms with Crippen LogP contribution in [0.3, 0.4) is 0 Å². The first-order chi connectivity index (χ1) is 14.9. The van der Waals surface area contributed by atoms with Gasteiger partial charge >= 0.3 is 0 Å². The van der Waals surface area contributed by atoms with Crippen molar-refractivity contribution in [2.24, 2.45) is 4.99 Å². The van der Waals surface area contributed by atoms with Crippen LogP contribution in [0.1, 0.15) is 5.56 Å². The molecule has 1 heterocycles. The Balaban J connectivity index is 1.41. The molecule has 2 nitrogen and oxygen atoms in total. The van der Waals surface area contributed by atoms with E-state index in [9.17, 15) is 0 Å². The summed E-state index contributed by atoms with van der Waals surface area (Å²) in [6, 6.07) is 32.2. The molecule has 3 aromatic rings. The minimum Gasteiger partial charge on any atom is -0.478 e. The molecule has 1 atom stereocenters. The minimum absolute atomic E-state index is 0.171. The van der Waals surface area contributed by atoms with Crippen LogP contribution >= 0.6 is 7.92 Å². The average molecular weight is 408 g/mol. The van der Waals surface area contributed by atoms with E-state index in [2.05, 4.69) is 110 Å². The number of hydrogen-bond donors (Lipinski definition) is 0. The molecule has 0 bridgehead atoms. The van der Waals surface area contributed by atoms with Gasteiger partial charge in [-0.3, -0.25) is 0 Å². The molecule has 0 N–H and O–H groups in total. The lowest BCUT2D eigenvalue weighted by Gasteiger charge is -2.28. The van der Waals surface area contributed by atoms with Gasteiger partial charge in [0.2, 0.25) is 0 Å². The van der Waals surface area contributed by atoms with Crippen molar-refractivity contribution in [1.29, 1.82) is 0 Å². The van der Waals surface area contributed by atoms with Gasteiger partial charge in [-0.25, -0.2) is 4.99 Å². The zero-order valence-corrected chi connectivity index (χ0v) is 17.6. The summed E-state index contributed by atoms with van der Waals surface area (Å²) in [7, 11) is -0.669. The van der Waals surface area contributed by atoms with Crippen molar-refractivity contribution < 1.29 is 4.74 Å². The van der Waals surface area contributed by atoms with Gasteiger partial charge in [0.25, 0.3) is 0 Å². The lowest BCUT2D eigenvalue weighted by atomic mass is 10.1. The summed E-state index contributed by atoms with van der Waals surface area (Å²) in [6.45, 7) is 0.642. The van der Waals surface area contributed by atoms with Gasteiger partial charge < -0.3 is 4.74 Å². The molecule has 1 aliphatic heterocycles. The van der Waals surface area contributed by atoms with Gasteiger partial charge in [-0.15, -0.1) is 0 Å². The Morgan fingerprint density at radius 3 is 2.00 bits per heavy atom. The molecule has 0 amide bonds. The van der Waals surface area contributed by atoms with Crippen molar-refractivity contribution in [2.75, 3.05) is 6.61 Å². The summed E-state index contributed by atoms with van der Waals surface area (Å²) in [5.41, 5.74) is 2.61. The zero-order valence-electron chi connectivity index (χ0n) is 16.7. The van der Waals surface area contributed by atoms with Gasteiger partial charge in [0, 0.05) is 5.66 Å². The van der Waals surface area contributed by atoms with E-state index >= 15 is 0 Å². The molecule has 5 radical (unpaired) electrons. The fourth-order valence-electron chi connectivity index (χ4n) is 3.92. The summed E-state index contributed by atoms with van der Waals surface area (Å²) in [5.74, 6) is 1.92. The van der Waals surface area contributed by atoms with Crippen molar-refractivity contribution in [3.05, 3.63) is 127 Å². The Labute approximate surface area is 180 Å². The van der Waals surface area contributed by atoms with Crippen LogP contribution in [-0.4, -0.2) is 18.5 Å². The molecule has 3 aromatic carbocycles. The molecule has 0 spiro atoms. The van der Waals surface area contributed by atoms with Crippen LogP contribution in [0.4, 0.5) is 0 Å². The van der Waals surface area contributed by atoms with Crippen LogP contribution in [0.15, 0.2) is 96.0 Å². The van der Waals surface area contributed by atoms with Crippen LogP contribution in [-0.2, 0) is 11.2 Å². The van der Waals surface area contributed by atoms with Crippen molar-refractivity contribution in [1.82, 2.24) is 0 Å². The van der Waals surface area contributed by atoms with E-state index in [1.165, 1.54) is 21.8 Å². The van der Waals surface area contributed by atoms with Gasteiger partial charge in [-0.1, -0.05) is 91.0 Å². The summed E-state index contributed by atoms with van der Waals surface area (Å²) in [5, 5.41) is 2.68. The van der Waals surface area contributed by atoms with Crippen molar-refractivity contribution in [3.63, 3.8) is 0 Å². The Bertz CT molecular complexity index is 934. The number of nitrogens with zero attached hydrogens (tertiary/aromatic N) is 1. The average Bonchev–Trinajstić information content (AvgIpc) is 3.46. The highest BCUT2D eigenvalue weighted by Crippen LogP contribution is 2.56. The quantitative estimate of drug-likeness (QED) is 0.532. The predicted molar refractivity (Wildman–Crippen MR) is 126 cm³/mol. The molecular weight excluding hydrogens is 385 g/mol. The fraction of sp³-hybridized carbons (Fsp3) is 0.111. The van der Waals surface area contributed by atoms with Crippen LogP contribution in [0.2, 0.25) is 0 Å². The van der Waals surface area contributed by atoms with Gasteiger partial charge in [0.05, 0.1) is 12.0 Å².